The zero-order valence-corrected chi connectivity index (χ0v) is 17.8. The summed E-state index contributed by atoms with van der Waals surface area (Å²) in [5.41, 5.74) is 5.57. The van der Waals surface area contributed by atoms with E-state index >= 15 is 0 Å². The van der Waals surface area contributed by atoms with Crippen molar-refractivity contribution in [2.24, 2.45) is 0 Å². The van der Waals surface area contributed by atoms with Gasteiger partial charge in [0.1, 0.15) is 17.5 Å². The molecule has 0 aliphatic heterocycles. The lowest BCUT2D eigenvalue weighted by molar-refractivity contribution is 0.413. The van der Waals surface area contributed by atoms with Crippen molar-refractivity contribution in [2.75, 3.05) is 0 Å². The molecule has 1 aliphatic rings. The van der Waals surface area contributed by atoms with Crippen LogP contribution in [-0.2, 0) is 5.41 Å². The number of hydrogen-bond acceptors (Lipinski definition) is 4. The summed E-state index contributed by atoms with van der Waals surface area (Å²) in [6.45, 7) is 6.52. The van der Waals surface area contributed by atoms with Gasteiger partial charge in [-0.05, 0) is 25.0 Å². The number of H-pyrrole nitrogens is 1. The van der Waals surface area contributed by atoms with Gasteiger partial charge in [0, 0.05) is 39.7 Å². The molecule has 1 aromatic carbocycles. The topological polar surface area (TPSA) is 79.9 Å². The molecule has 0 radical (unpaired) electrons. The van der Waals surface area contributed by atoms with E-state index < -0.39 is 0 Å². The molecular weight excluding hydrogens is 376 g/mol. The molecule has 0 atom stereocenters. The fourth-order valence-electron chi connectivity index (χ4n) is 4.80. The molecule has 30 heavy (non-hydrogen) atoms. The predicted octanol–water partition coefficient (Wildman–Crippen LogP) is 6.06. The standard InChI is InChI=1S/C24H28N4O2/c1-24(2,3)22-19-20(25-26-22)23(29)28(21(19)16-7-5-4-6-8-16)17-11-9-15(10-12-17)18-13-14-30-27-18/h9-14,16,25,29H,4-8H2,1-3H3. The van der Waals surface area contributed by atoms with E-state index in [1.54, 1.807) is 6.26 Å². The van der Waals surface area contributed by atoms with Crippen LogP contribution in [0.2, 0.25) is 0 Å². The molecular formula is C24H28N4O2. The zero-order chi connectivity index (χ0) is 20.9. The highest BCUT2D eigenvalue weighted by Gasteiger charge is 2.32. The molecule has 0 bridgehead atoms. The lowest BCUT2D eigenvalue weighted by Gasteiger charge is -2.25. The van der Waals surface area contributed by atoms with Crippen LogP contribution < -0.4 is 0 Å². The molecule has 6 nitrogen and oxygen atoms in total. The zero-order valence-electron chi connectivity index (χ0n) is 17.8. The first kappa shape index (κ1) is 19.0. The highest BCUT2D eigenvalue weighted by molar-refractivity contribution is 5.92. The molecule has 0 saturated heterocycles. The van der Waals surface area contributed by atoms with Crippen LogP contribution in [0.4, 0.5) is 0 Å². The molecule has 5 rings (SSSR count). The van der Waals surface area contributed by atoms with Crippen molar-refractivity contribution in [1.82, 2.24) is 19.9 Å². The van der Waals surface area contributed by atoms with Gasteiger partial charge < -0.3 is 9.63 Å². The summed E-state index contributed by atoms with van der Waals surface area (Å²) in [6.07, 6.45) is 7.61. The molecule has 6 heteroatoms. The van der Waals surface area contributed by atoms with Crippen molar-refractivity contribution in [2.45, 2.75) is 64.2 Å². The number of fused-ring (bicyclic) bond motifs is 1. The molecule has 4 aromatic rings. The Balaban J connectivity index is 1.71. The van der Waals surface area contributed by atoms with Gasteiger partial charge in [0.25, 0.3) is 0 Å². The van der Waals surface area contributed by atoms with Gasteiger partial charge in [0.05, 0.1) is 5.69 Å². The first-order chi connectivity index (χ1) is 14.4. The van der Waals surface area contributed by atoms with Crippen molar-refractivity contribution in [3.05, 3.63) is 48.0 Å². The van der Waals surface area contributed by atoms with E-state index in [1.807, 2.05) is 34.9 Å². The Labute approximate surface area is 175 Å². The summed E-state index contributed by atoms with van der Waals surface area (Å²) in [7, 11) is 0. The number of nitrogens with zero attached hydrogens (tertiary/aromatic N) is 3. The van der Waals surface area contributed by atoms with E-state index in [1.165, 1.54) is 25.0 Å². The van der Waals surface area contributed by atoms with Gasteiger partial charge in [0.2, 0.25) is 5.88 Å². The van der Waals surface area contributed by atoms with Gasteiger partial charge >= 0.3 is 0 Å². The van der Waals surface area contributed by atoms with E-state index in [0.29, 0.717) is 5.92 Å². The van der Waals surface area contributed by atoms with Gasteiger partial charge in [0.15, 0.2) is 0 Å². The Bertz CT molecular complexity index is 1150. The van der Waals surface area contributed by atoms with Crippen LogP contribution in [0.15, 0.2) is 41.1 Å². The smallest absolute Gasteiger partial charge is 0.222 e. The molecule has 3 aromatic heterocycles. The first-order valence-electron chi connectivity index (χ1n) is 10.8. The molecule has 1 fully saturated rings. The van der Waals surface area contributed by atoms with Crippen LogP contribution in [0.3, 0.4) is 0 Å². The quantitative estimate of drug-likeness (QED) is 0.435. The number of nitrogens with one attached hydrogen (secondary N) is 1. The summed E-state index contributed by atoms with van der Waals surface area (Å²) in [5.74, 6) is 0.652. The number of aromatic nitrogens is 4. The minimum absolute atomic E-state index is 0.114. The highest BCUT2D eigenvalue weighted by Crippen LogP contribution is 2.45. The molecule has 1 saturated carbocycles. The Morgan fingerprint density at radius 2 is 1.80 bits per heavy atom. The molecule has 0 spiro atoms. The van der Waals surface area contributed by atoms with Crippen LogP contribution in [0.25, 0.3) is 27.8 Å². The number of aromatic hydroxyl groups is 1. The second-order valence-corrected chi connectivity index (χ2v) is 9.38. The Hall–Kier alpha value is -3.02. The average Bonchev–Trinajstić information content (AvgIpc) is 3.46. The van der Waals surface area contributed by atoms with Crippen LogP contribution >= 0.6 is 0 Å². The molecule has 0 unspecified atom stereocenters. The summed E-state index contributed by atoms with van der Waals surface area (Å²) in [5, 5.41) is 24.1. The van der Waals surface area contributed by atoms with Crippen LogP contribution in [-0.4, -0.2) is 25.0 Å². The average molecular weight is 405 g/mol. The maximum atomic E-state index is 11.3. The van der Waals surface area contributed by atoms with Gasteiger partial charge in [-0.3, -0.25) is 9.67 Å². The number of aromatic amines is 1. The molecule has 2 N–H and O–H groups in total. The van der Waals surface area contributed by atoms with E-state index in [2.05, 4.69) is 36.1 Å². The third-order valence-electron chi connectivity index (χ3n) is 6.26. The lowest BCUT2D eigenvalue weighted by Crippen LogP contribution is -2.15. The Morgan fingerprint density at radius 3 is 2.43 bits per heavy atom. The second kappa shape index (κ2) is 7.04. The fourth-order valence-corrected chi connectivity index (χ4v) is 4.80. The Morgan fingerprint density at radius 1 is 1.07 bits per heavy atom. The summed E-state index contributed by atoms with van der Waals surface area (Å²) >= 11 is 0. The van der Waals surface area contributed by atoms with Gasteiger partial charge in [-0.15, -0.1) is 0 Å². The normalized spacial score (nSPS) is 15.8. The van der Waals surface area contributed by atoms with Crippen molar-refractivity contribution in [3.63, 3.8) is 0 Å². The molecule has 3 heterocycles. The SMILES string of the molecule is CC(C)(C)c1n[nH]c2c(O)n(-c3ccc(-c4ccon4)cc3)c(C3CCCCC3)c12. The van der Waals surface area contributed by atoms with Gasteiger partial charge in [-0.2, -0.15) is 5.10 Å². The third-order valence-corrected chi connectivity index (χ3v) is 6.26. The van der Waals surface area contributed by atoms with Crippen molar-refractivity contribution >= 4 is 10.9 Å². The van der Waals surface area contributed by atoms with E-state index in [0.717, 1.165) is 46.4 Å². The Kier molecular flexibility index (Phi) is 4.45. The largest absolute Gasteiger partial charge is 0.493 e. The van der Waals surface area contributed by atoms with Crippen molar-refractivity contribution < 1.29 is 9.63 Å². The predicted molar refractivity (Wildman–Crippen MR) is 117 cm³/mol. The number of benzene rings is 1. The molecule has 156 valence electrons. The van der Waals surface area contributed by atoms with Crippen LogP contribution in [0.1, 0.15) is 70.2 Å². The van der Waals surface area contributed by atoms with Crippen LogP contribution in [0, 0.1) is 0 Å². The molecule has 0 amide bonds. The highest BCUT2D eigenvalue weighted by atomic mass is 16.5. The summed E-state index contributed by atoms with van der Waals surface area (Å²) in [6, 6.07) is 9.97. The minimum atomic E-state index is -0.114. The second-order valence-electron chi connectivity index (χ2n) is 9.38. The maximum Gasteiger partial charge on any atom is 0.222 e. The van der Waals surface area contributed by atoms with E-state index in [4.69, 9.17) is 4.52 Å². The van der Waals surface area contributed by atoms with Gasteiger partial charge in [-0.1, -0.05) is 57.3 Å². The third kappa shape index (κ3) is 3.02. The maximum absolute atomic E-state index is 11.3. The lowest BCUT2D eigenvalue weighted by atomic mass is 9.83. The monoisotopic (exact) mass is 404 g/mol. The number of hydrogen-bond donors (Lipinski definition) is 2. The fraction of sp³-hybridized carbons (Fsp3) is 0.417. The first-order valence-corrected chi connectivity index (χ1v) is 10.8. The minimum Gasteiger partial charge on any atom is -0.493 e. The van der Waals surface area contributed by atoms with E-state index in [9.17, 15) is 5.11 Å². The molecule has 1 aliphatic carbocycles. The van der Waals surface area contributed by atoms with Crippen LogP contribution in [0.5, 0.6) is 5.88 Å². The van der Waals surface area contributed by atoms with E-state index in [-0.39, 0.29) is 11.3 Å². The van der Waals surface area contributed by atoms with Crippen molar-refractivity contribution in [3.8, 4) is 22.8 Å². The number of rotatable bonds is 3. The van der Waals surface area contributed by atoms with Gasteiger partial charge in [-0.25, -0.2) is 0 Å². The summed E-state index contributed by atoms with van der Waals surface area (Å²) < 4.78 is 7.00. The summed E-state index contributed by atoms with van der Waals surface area (Å²) in [4.78, 5) is 0. The van der Waals surface area contributed by atoms with Crippen molar-refractivity contribution in [1.29, 1.82) is 0 Å².